The van der Waals surface area contributed by atoms with Gasteiger partial charge < -0.3 is 5.32 Å². The highest BCUT2D eigenvalue weighted by molar-refractivity contribution is 6.04. The van der Waals surface area contributed by atoms with Crippen LogP contribution in [0.4, 0.5) is 0 Å². The number of carbonyl (C=O) groups excluding carboxylic acids is 1. The molecule has 0 spiro atoms. The molecule has 0 unspecified atom stereocenters. The van der Waals surface area contributed by atoms with Crippen molar-refractivity contribution in [1.82, 2.24) is 20.5 Å². The van der Waals surface area contributed by atoms with Gasteiger partial charge in [-0.25, -0.2) is 0 Å². The van der Waals surface area contributed by atoms with Gasteiger partial charge in [-0.15, -0.1) is 0 Å². The van der Waals surface area contributed by atoms with Gasteiger partial charge in [0.1, 0.15) is 0 Å². The molecular formula is C19H28N4O. The lowest BCUT2D eigenvalue weighted by Crippen LogP contribution is -2.35. The number of nitrogens with one attached hydrogen (secondary N) is 2. The first kappa shape index (κ1) is 16.9. The quantitative estimate of drug-likeness (QED) is 0.860. The van der Waals surface area contributed by atoms with Gasteiger partial charge in [-0.05, 0) is 18.9 Å². The second-order valence-corrected chi connectivity index (χ2v) is 6.92. The number of rotatable bonds is 2. The van der Waals surface area contributed by atoms with Gasteiger partial charge in [0, 0.05) is 18.4 Å². The van der Waals surface area contributed by atoms with Crippen molar-refractivity contribution < 1.29 is 4.79 Å². The molecule has 2 heterocycles. The number of aromatic nitrogens is 3. The number of aromatic amines is 1. The fraction of sp³-hybridized carbons (Fsp3) is 0.632. The first-order chi connectivity index (χ1) is 11.8. The molecular weight excluding hydrogens is 300 g/mol. The van der Waals surface area contributed by atoms with Gasteiger partial charge in [-0.2, -0.15) is 5.10 Å². The van der Waals surface area contributed by atoms with Gasteiger partial charge in [0.2, 0.25) is 0 Å². The monoisotopic (exact) mass is 328 g/mol. The highest BCUT2D eigenvalue weighted by Crippen LogP contribution is 2.18. The van der Waals surface area contributed by atoms with E-state index in [1.807, 2.05) is 6.07 Å². The molecule has 1 saturated carbocycles. The van der Waals surface area contributed by atoms with Crippen molar-refractivity contribution in [2.75, 3.05) is 0 Å². The van der Waals surface area contributed by atoms with E-state index in [0.717, 1.165) is 23.7 Å². The highest BCUT2D eigenvalue weighted by atomic mass is 16.2. The fourth-order valence-electron chi connectivity index (χ4n) is 3.59. The predicted octanol–water partition coefficient (Wildman–Crippen LogP) is 4.36. The van der Waals surface area contributed by atoms with Crippen molar-refractivity contribution in [2.24, 2.45) is 0 Å². The normalized spacial score (nSPS) is 18.7. The SMILES string of the molecule is O=C(NC1CCCCCCCCCCC1)c1n[nH]c2ccncc12. The van der Waals surface area contributed by atoms with Crippen LogP contribution in [0.2, 0.25) is 0 Å². The van der Waals surface area contributed by atoms with Crippen molar-refractivity contribution in [3.63, 3.8) is 0 Å². The molecule has 2 aromatic rings. The van der Waals surface area contributed by atoms with Crippen LogP contribution < -0.4 is 5.32 Å². The minimum Gasteiger partial charge on any atom is -0.348 e. The summed E-state index contributed by atoms with van der Waals surface area (Å²) in [7, 11) is 0. The third-order valence-electron chi connectivity index (χ3n) is 5.02. The minimum atomic E-state index is -0.0775. The Balaban J connectivity index is 1.61. The molecule has 0 atom stereocenters. The average Bonchev–Trinajstić information content (AvgIpc) is 3.01. The fourth-order valence-corrected chi connectivity index (χ4v) is 3.59. The Morgan fingerprint density at radius 3 is 2.29 bits per heavy atom. The maximum Gasteiger partial charge on any atom is 0.272 e. The number of H-pyrrole nitrogens is 1. The Morgan fingerprint density at radius 1 is 1.00 bits per heavy atom. The molecule has 0 bridgehead atoms. The Hall–Kier alpha value is -1.91. The molecule has 1 amide bonds. The third kappa shape index (κ3) is 4.56. The molecule has 1 fully saturated rings. The molecule has 5 nitrogen and oxygen atoms in total. The van der Waals surface area contributed by atoms with E-state index in [1.165, 1.54) is 57.8 Å². The summed E-state index contributed by atoms with van der Waals surface area (Å²) in [5, 5.41) is 11.1. The lowest BCUT2D eigenvalue weighted by molar-refractivity contribution is 0.0928. The molecule has 2 aromatic heterocycles. The maximum atomic E-state index is 12.6. The molecule has 3 rings (SSSR count). The zero-order valence-electron chi connectivity index (χ0n) is 14.4. The van der Waals surface area contributed by atoms with Crippen molar-refractivity contribution in [3.8, 4) is 0 Å². The smallest absolute Gasteiger partial charge is 0.272 e. The zero-order chi connectivity index (χ0) is 16.6. The Morgan fingerprint density at radius 2 is 1.62 bits per heavy atom. The molecule has 1 aliphatic rings. The molecule has 24 heavy (non-hydrogen) atoms. The van der Waals surface area contributed by atoms with Crippen LogP contribution >= 0.6 is 0 Å². The van der Waals surface area contributed by atoms with Crippen molar-refractivity contribution in [1.29, 1.82) is 0 Å². The first-order valence-corrected chi connectivity index (χ1v) is 9.43. The Labute approximate surface area is 143 Å². The van der Waals surface area contributed by atoms with Crippen molar-refractivity contribution in [3.05, 3.63) is 24.2 Å². The number of pyridine rings is 1. The lowest BCUT2D eigenvalue weighted by atomic mass is 9.98. The van der Waals surface area contributed by atoms with E-state index in [4.69, 9.17) is 0 Å². The van der Waals surface area contributed by atoms with Crippen LogP contribution in [-0.2, 0) is 0 Å². The number of fused-ring (bicyclic) bond motifs is 1. The van der Waals surface area contributed by atoms with Gasteiger partial charge in [0.15, 0.2) is 5.69 Å². The van der Waals surface area contributed by atoms with Crippen LogP contribution in [0.1, 0.15) is 81.1 Å². The van der Waals surface area contributed by atoms with Crippen molar-refractivity contribution in [2.45, 2.75) is 76.7 Å². The number of hydrogen-bond acceptors (Lipinski definition) is 3. The average molecular weight is 328 g/mol. The molecule has 0 saturated heterocycles. The van der Waals surface area contributed by atoms with Crippen LogP contribution in [0.3, 0.4) is 0 Å². The number of hydrogen-bond donors (Lipinski definition) is 2. The van der Waals surface area contributed by atoms with Gasteiger partial charge in [-0.1, -0.05) is 57.8 Å². The minimum absolute atomic E-state index is 0.0775. The van der Waals surface area contributed by atoms with Crippen LogP contribution in [0.25, 0.3) is 10.9 Å². The largest absolute Gasteiger partial charge is 0.348 e. The number of nitrogens with zero attached hydrogens (tertiary/aromatic N) is 2. The summed E-state index contributed by atoms with van der Waals surface area (Å²) in [4.78, 5) is 16.7. The van der Waals surface area contributed by atoms with E-state index >= 15 is 0 Å². The van der Waals surface area contributed by atoms with E-state index in [2.05, 4.69) is 20.5 Å². The van der Waals surface area contributed by atoms with Crippen LogP contribution in [0.15, 0.2) is 18.5 Å². The van der Waals surface area contributed by atoms with Gasteiger partial charge in [0.05, 0.1) is 10.9 Å². The standard InChI is InChI=1S/C19H28N4O/c24-19(18-16-14-20-13-12-17(16)22-23-18)21-15-10-8-6-4-2-1-3-5-7-9-11-15/h12-15H,1-11H2,(H,21,24)(H,22,23). The molecule has 2 N–H and O–H groups in total. The first-order valence-electron chi connectivity index (χ1n) is 9.43. The van der Waals surface area contributed by atoms with Gasteiger partial charge in [0.25, 0.3) is 5.91 Å². The number of carbonyl (C=O) groups is 1. The highest BCUT2D eigenvalue weighted by Gasteiger charge is 2.18. The van der Waals surface area contributed by atoms with E-state index in [0.29, 0.717) is 5.69 Å². The Kier molecular flexibility index (Phi) is 6.21. The zero-order valence-corrected chi connectivity index (χ0v) is 14.4. The summed E-state index contributed by atoms with van der Waals surface area (Å²) >= 11 is 0. The summed E-state index contributed by atoms with van der Waals surface area (Å²) in [6, 6.07) is 2.11. The third-order valence-corrected chi connectivity index (χ3v) is 5.02. The van der Waals surface area contributed by atoms with Gasteiger partial charge in [-0.3, -0.25) is 14.9 Å². The molecule has 130 valence electrons. The second kappa shape index (κ2) is 8.81. The summed E-state index contributed by atoms with van der Waals surface area (Å²) in [6.07, 6.45) is 17.3. The van der Waals surface area contributed by atoms with E-state index in [1.54, 1.807) is 12.4 Å². The summed E-state index contributed by atoms with van der Waals surface area (Å²) < 4.78 is 0. The molecule has 0 aromatic carbocycles. The predicted molar refractivity (Wildman–Crippen MR) is 95.9 cm³/mol. The van der Waals surface area contributed by atoms with Crippen molar-refractivity contribution >= 4 is 16.8 Å². The van der Waals surface area contributed by atoms with E-state index in [9.17, 15) is 4.79 Å². The van der Waals surface area contributed by atoms with Crippen LogP contribution in [0, 0.1) is 0 Å². The summed E-state index contributed by atoms with van der Waals surface area (Å²) in [5.41, 5.74) is 1.32. The summed E-state index contributed by atoms with van der Waals surface area (Å²) in [5.74, 6) is -0.0775. The van der Waals surface area contributed by atoms with E-state index in [-0.39, 0.29) is 11.9 Å². The van der Waals surface area contributed by atoms with E-state index < -0.39 is 0 Å². The molecule has 5 heteroatoms. The maximum absolute atomic E-state index is 12.6. The number of amides is 1. The lowest BCUT2D eigenvalue weighted by Gasteiger charge is -2.19. The molecule has 0 aliphatic heterocycles. The van der Waals surface area contributed by atoms with Gasteiger partial charge >= 0.3 is 0 Å². The molecule has 1 aliphatic carbocycles. The summed E-state index contributed by atoms with van der Waals surface area (Å²) in [6.45, 7) is 0. The Bertz CT molecular complexity index is 640. The second-order valence-electron chi connectivity index (χ2n) is 6.92. The molecule has 0 radical (unpaired) electrons. The topological polar surface area (TPSA) is 70.7 Å². The van der Waals surface area contributed by atoms with Crippen LogP contribution in [-0.4, -0.2) is 27.1 Å². The van der Waals surface area contributed by atoms with Crippen LogP contribution in [0.5, 0.6) is 0 Å².